The molecule has 148 valence electrons. The normalized spacial score (nSPS) is 14.4. The molecule has 0 radical (unpaired) electrons. The van der Waals surface area contributed by atoms with Crippen molar-refractivity contribution in [2.45, 2.75) is 19.9 Å². The van der Waals surface area contributed by atoms with Crippen LogP contribution in [0.4, 0.5) is 5.69 Å². The predicted molar refractivity (Wildman–Crippen MR) is 127 cm³/mol. The van der Waals surface area contributed by atoms with Crippen LogP contribution in [0.5, 0.6) is 11.5 Å². The smallest absolute Gasteiger partial charge is 0.137 e. The minimum absolute atomic E-state index is 0.850. The van der Waals surface area contributed by atoms with Crippen LogP contribution in [0, 0.1) is 0 Å². The zero-order valence-corrected chi connectivity index (χ0v) is 17.3. The van der Waals surface area contributed by atoms with Crippen molar-refractivity contribution in [3.8, 4) is 33.8 Å². The molecule has 0 spiro atoms. The Morgan fingerprint density at radius 1 is 0.710 bits per heavy atom. The Morgan fingerprint density at radius 2 is 1.48 bits per heavy atom. The van der Waals surface area contributed by atoms with Gasteiger partial charge in [-0.1, -0.05) is 54.6 Å². The molecule has 2 heteroatoms. The molecular formula is C29H21NO. The van der Waals surface area contributed by atoms with Gasteiger partial charge in [-0.05, 0) is 70.2 Å². The second kappa shape index (κ2) is 6.12. The molecule has 0 bridgehead atoms. The Balaban J connectivity index is 1.48. The second-order valence-electron chi connectivity index (χ2n) is 8.63. The van der Waals surface area contributed by atoms with Gasteiger partial charge in [-0.2, -0.15) is 0 Å². The van der Waals surface area contributed by atoms with E-state index in [1.807, 2.05) is 0 Å². The lowest BCUT2D eigenvalue weighted by atomic mass is 9.88. The zero-order valence-electron chi connectivity index (χ0n) is 17.3. The maximum atomic E-state index is 6.48. The Morgan fingerprint density at radius 3 is 2.35 bits per heavy atom. The van der Waals surface area contributed by atoms with Crippen molar-refractivity contribution < 1.29 is 4.74 Å². The van der Waals surface area contributed by atoms with Gasteiger partial charge in [0.25, 0.3) is 0 Å². The van der Waals surface area contributed by atoms with Crippen LogP contribution >= 0.6 is 0 Å². The summed E-state index contributed by atoms with van der Waals surface area (Å²) in [6, 6.07) is 26.4. The third kappa shape index (κ3) is 2.39. The first-order valence-corrected chi connectivity index (χ1v) is 10.9. The summed E-state index contributed by atoms with van der Waals surface area (Å²) in [5.74, 6) is 1.89. The highest BCUT2D eigenvalue weighted by molar-refractivity contribution is 5.89. The quantitative estimate of drug-likeness (QED) is 0.415. The number of ether oxygens (including phenoxy) is 1. The summed E-state index contributed by atoms with van der Waals surface area (Å²) in [7, 11) is 0. The third-order valence-corrected chi connectivity index (χ3v) is 6.93. The Bertz CT molecular complexity index is 1540. The predicted octanol–water partition coefficient (Wildman–Crippen LogP) is 5.61. The minimum Gasteiger partial charge on any atom is -0.456 e. The molecule has 0 amide bonds. The van der Waals surface area contributed by atoms with Crippen LogP contribution in [0.15, 0.2) is 72.8 Å². The van der Waals surface area contributed by atoms with E-state index < -0.39 is 0 Å². The monoisotopic (exact) mass is 399 g/mol. The van der Waals surface area contributed by atoms with Crippen molar-refractivity contribution in [1.29, 1.82) is 0 Å². The standard InChI is InChI=1S/C29H21NO/c1-17-23-13-25-19(11-10-18-6-2-4-8-21(18)25)12-28(23)31-29-15-27-26(14-24(17)29)22-9-5-3-7-20(22)16-30-27/h2-9,11-15,30H,10,16H2,1H3. The Labute approximate surface area is 181 Å². The summed E-state index contributed by atoms with van der Waals surface area (Å²) in [5.41, 5.74) is 11.5. The number of nitrogens with one attached hydrogen (secondary N) is 1. The molecule has 2 heterocycles. The fourth-order valence-electron chi connectivity index (χ4n) is 5.27. The lowest BCUT2D eigenvalue weighted by Crippen LogP contribution is -2.22. The third-order valence-electron chi connectivity index (χ3n) is 6.93. The van der Waals surface area contributed by atoms with E-state index in [2.05, 4.69) is 91.1 Å². The highest BCUT2D eigenvalue weighted by Crippen LogP contribution is 2.43. The average molecular weight is 399 g/mol. The highest BCUT2D eigenvalue weighted by atomic mass is 16.5. The topological polar surface area (TPSA) is 21.3 Å². The summed E-state index contributed by atoms with van der Waals surface area (Å²) < 4.78 is 6.48. The molecule has 1 N–H and O–H groups in total. The number of benzene rings is 4. The summed E-state index contributed by atoms with van der Waals surface area (Å²) in [5, 5.41) is 6.02. The SMILES string of the molecule is CC1=c2cc3c(cc2Oc2cc4c(cc21)-c1ccccc1CN4)=CCc1ccccc1-3. The van der Waals surface area contributed by atoms with E-state index in [4.69, 9.17) is 4.74 Å². The van der Waals surface area contributed by atoms with E-state index in [9.17, 15) is 0 Å². The molecule has 3 aliphatic rings. The van der Waals surface area contributed by atoms with E-state index in [1.165, 1.54) is 55.0 Å². The molecule has 4 aromatic carbocycles. The van der Waals surface area contributed by atoms with Crippen molar-refractivity contribution in [3.63, 3.8) is 0 Å². The van der Waals surface area contributed by atoms with Crippen molar-refractivity contribution in [1.82, 2.24) is 0 Å². The Kier molecular flexibility index (Phi) is 3.35. The largest absolute Gasteiger partial charge is 0.456 e. The van der Waals surface area contributed by atoms with Crippen LogP contribution in [0.25, 0.3) is 33.9 Å². The van der Waals surface area contributed by atoms with Crippen LogP contribution in [0.3, 0.4) is 0 Å². The first-order valence-electron chi connectivity index (χ1n) is 10.9. The van der Waals surface area contributed by atoms with Gasteiger partial charge in [-0.25, -0.2) is 0 Å². The number of fused-ring (bicyclic) bond motifs is 8. The number of rotatable bonds is 0. The van der Waals surface area contributed by atoms with Gasteiger partial charge in [0.05, 0.1) is 0 Å². The Hall–Kier alpha value is -3.78. The summed E-state index contributed by atoms with van der Waals surface area (Å²) in [4.78, 5) is 0. The van der Waals surface area contributed by atoms with Gasteiger partial charge in [0.2, 0.25) is 0 Å². The van der Waals surface area contributed by atoms with Gasteiger partial charge in [-0.3, -0.25) is 0 Å². The molecule has 7 rings (SSSR count). The molecule has 0 fully saturated rings. The van der Waals surface area contributed by atoms with Crippen LogP contribution in [-0.2, 0) is 13.0 Å². The van der Waals surface area contributed by atoms with E-state index >= 15 is 0 Å². The highest BCUT2D eigenvalue weighted by Gasteiger charge is 2.23. The fourth-order valence-corrected chi connectivity index (χ4v) is 5.27. The minimum atomic E-state index is 0.850. The number of hydrogen-bond acceptors (Lipinski definition) is 2. The van der Waals surface area contributed by atoms with E-state index in [0.29, 0.717) is 0 Å². The van der Waals surface area contributed by atoms with Crippen molar-refractivity contribution in [2.24, 2.45) is 0 Å². The zero-order chi connectivity index (χ0) is 20.5. The van der Waals surface area contributed by atoms with E-state index in [0.717, 1.165) is 30.2 Å². The summed E-state index contributed by atoms with van der Waals surface area (Å²) >= 11 is 0. The van der Waals surface area contributed by atoms with Crippen molar-refractivity contribution >= 4 is 17.3 Å². The lowest BCUT2D eigenvalue weighted by molar-refractivity contribution is 0.472. The molecule has 0 saturated heterocycles. The van der Waals surface area contributed by atoms with Gasteiger partial charge in [0.1, 0.15) is 11.5 Å². The summed E-state index contributed by atoms with van der Waals surface area (Å²) in [6.45, 7) is 3.07. The van der Waals surface area contributed by atoms with Crippen LogP contribution in [0.2, 0.25) is 0 Å². The van der Waals surface area contributed by atoms with E-state index in [1.54, 1.807) is 0 Å². The van der Waals surface area contributed by atoms with Crippen molar-refractivity contribution in [3.05, 3.63) is 99.9 Å². The number of anilines is 1. The maximum Gasteiger partial charge on any atom is 0.137 e. The molecule has 0 unspecified atom stereocenters. The van der Waals surface area contributed by atoms with Crippen LogP contribution in [0.1, 0.15) is 23.6 Å². The summed E-state index contributed by atoms with van der Waals surface area (Å²) in [6.07, 6.45) is 3.29. The molecule has 2 nitrogen and oxygen atoms in total. The van der Waals surface area contributed by atoms with Gasteiger partial charge >= 0.3 is 0 Å². The molecule has 0 saturated carbocycles. The molecule has 0 aromatic heterocycles. The van der Waals surface area contributed by atoms with Gasteiger partial charge in [0, 0.05) is 34.6 Å². The first kappa shape index (κ1) is 17.0. The molecule has 0 atom stereocenters. The lowest BCUT2D eigenvalue weighted by Gasteiger charge is -2.26. The number of hydrogen-bond donors (Lipinski definition) is 1. The van der Waals surface area contributed by atoms with Gasteiger partial charge in [-0.15, -0.1) is 0 Å². The molecule has 1 aliphatic carbocycles. The molecule has 31 heavy (non-hydrogen) atoms. The van der Waals surface area contributed by atoms with Crippen molar-refractivity contribution in [2.75, 3.05) is 5.32 Å². The molecular weight excluding hydrogens is 378 g/mol. The average Bonchev–Trinajstić information content (AvgIpc) is 2.82. The van der Waals surface area contributed by atoms with Crippen LogP contribution in [-0.4, -0.2) is 0 Å². The second-order valence-corrected chi connectivity index (χ2v) is 8.63. The fraction of sp³-hybridized carbons (Fsp3) is 0.103. The van der Waals surface area contributed by atoms with Gasteiger partial charge in [0.15, 0.2) is 0 Å². The first-order chi connectivity index (χ1) is 15.3. The van der Waals surface area contributed by atoms with E-state index in [-0.39, 0.29) is 0 Å². The molecule has 4 aromatic rings. The molecule has 2 aliphatic heterocycles. The van der Waals surface area contributed by atoms with Crippen LogP contribution < -0.4 is 20.5 Å². The maximum absolute atomic E-state index is 6.48. The van der Waals surface area contributed by atoms with Gasteiger partial charge < -0.3 is 10.1 Å².